The first-order chi connectivity index (χ1) is 15.4. The molecule has 32 heavy (non-hydrogen) atoms. The number of nitrogens with zero attached hydrogens (tertiary/aromatic N) is 2. The van der Waals surface area contributed by atoms with Crippen molar-refractivity contribution in [1.82, 2.24) is 14.6 Å². The minimum Gasteiger partial charge on any atom is -0.296 e. The molecule has 0 saturated carbocycles. The molecule has 162 valence electrons. The van der Waals surface area contributed by atoms with Crippen LogP contribution in [0.2, 0.25) is 0 Å². The second kappa shape index (κ2) is 7.96. The average molecular weight is 448 g/mol. The highest BCUT2D eigenvalue weighted by atomic mass is 32.2. The number of imide groups is 1. The third-order valence-corrected chi connectivity index (χ3v) is 7.88. The van der Waals surface area contributed by atoms with Gasteiger partial charge >= 0.3 is 0 Å². The van der Waals surface area contributed by atoms with Crippen LogP contribution in [0.15, 0.2) is 71.9 Å². The lowest BCUT2D eigenvalue weighted by atomic mass is 9.89. The van der Waals surface area contributed by atoms with Crippen molar-refractivity contribution in [2.45, 2.75) is 36.7 Å². The van der Waals surface area contributed by atoms with Crippen LogP contribution >= 0.6 is 0 Å². The third-order valence-electron chi connectivity index (χ3n) is 6.07. The minimum atomic E-state index is -3.66. The first-order valence-corrected chi connectivity index (χ1v) is 11.8. The Hall–Kier alpha value is -3.36. The van der Waals surface area contributed by atoms with E-state index in [2.05, 4.69) is 10.3 Å². The van der Waals surface area contributed by atoms with E-state index >= 15 is 0 Å². The molecule has 3 heterocycles. The zero-order chi connectivity index (χ0) is 22.3. The number of aromatic nitrogens is 1. The molecule has 1 saturated heterocycles. The Morgan fingerprint density at radius 3 is 2.28 bits per heavy atom. The van der Waals surface area contributed by atoms with E-state index < -0.39 is 10.0 Å². The Kier molecular flexibility index (Phi) is 5.11. The number of fused-ring (bicyclic) bond motifs is 1. The SMILES string of the molecule is O=C1CCC(c2ccc3c(c2)CN(S(=O)(=O)c2ccc(-c4ccncc4)cc2)C3)C(=O)N1. The van der Waals surface area contributed by atoms with Crippen LogP contribution in [0.1, 0.15) is 35.4 Å². The summed E-state index contributed by atoms with van der Waals surface area (Å²) in [4.78, 5) is 27.9. The van der Waals surface area contributed by atoms with Crippen LogP contribution in [0, 0.1) is 0 Å². The molecule has 2 aliphatic heterocycles. The third kappa shape index (κ3) is 3.72. The van der Waals surface area contributed by atoms with Crippen LogP contribution in [0.5, 0.6) is 0 Å². The standard InChI is InChI=1S/C24H21N3O4S/c28-23-8-7-22(24(29)26-23)18-1-2-19-14-27(15-20(19)13-18)32(30,31)21-5-3-16(4-6-21)17-9-11-25-12-10-17/h1-6,9-13,22H,7-8,14-15H2,(H,26,28,29). The van der Waals surface area contributed by atoms with Gasteiger partial charge in [0.05, 0.1) is 10.8 Å². The predicted octanol–water partition coefficient (Wildman–Crippen LogP) is 2.97. The molecule has 0 spiro atoms. The van der Waals surface area contributed by atoms with Crippen LogP contribution in [-0.2, 0) is 32.7 Å². The van der Waals surface area contributed by atoms with Gasteiger partial charge in [-0.3, -0.25) is 19.9 Å². The van der Waals surface area contributed by atoms with Crippen molar-refractivity contribution in [3.63, 3.8) is 0 Å². The largest absolute Gasteiger partial charge is 0.296 e. The molecule has 0 aliphatic carbocycles. The smallest absolute Gasteiger partial charge is 0.243 e. The summed E-state index contributed by atoms with van der Waals surface area (Å²) in [6, 6.07) is 16.2. The Bertz CT molecular complexity index is 1300. The molecule has 1 aromatic heterocycles. The number of nitrogens with one attached hydrogen (secondary N) is 1. The van der Waals surface area contributed by atoms with E-state index in [-0.39, 0.29) is 29.2 Å². The van der Waals surface area contributed by atoms with E-state index in [0.717, 1.165) is 27.8 Å². The summed E-state index contributed by atoms with van der Waals surface area (Å²) in [6.07, 6.45) is 4.17. The molecule has 8 heteroatoms. The van der Waals surface area contributed by atoms with Crippen molar-refractivity contribution in [3.05, 3.63) is 83.7 Å². The minimum absolute atomic E-state index is 0.244. The summed E-state index contributed by atoms with van der Waals surface area (Å²) >= 11 is 0. The lowest BCUT2D eigenvalue weighted by Crippen LogP contribution is -2.39. The Morgan fingerprint density at radius 1 is 0.875 bits per heavy atom. The van der Waals surface area contributed by atoms with E-state index in [1.54, 1.807) is 36.7 Å². The number of hydrogen-bond acceptors (Lipinski definition) is 5. The van der Waals surface area contributed by atoms with Crippen molar-refractivity contribution >= 4 is 21.8 Å². The van der Waals surface area contributed by atoms with Crippen LogP contribution in [-0.4, -0.2) is 29.5 Å². The van der Waals surface area contributed by atoms with E-state index in [1.165, 1.54) is 4.31 Å². The van der Waals surface area contributed by atoms with E-state index in [4.69, 9.17) is 0 Å². The Balaban J connectivity index is 1.36. The van der Waals surface area contributed by atoms with Gasteiger partial charge in [0, 0.05) is 31.9 Å². The topological polar surface area (TPSA) is 96.4 Å². The maximum Gasteiger partial charge on any atom is 0.243 e. The maximum atomic E-state index is 13.2. The molecule has 0 bridgehead atoms. The molecule has 1 fully saturated rings. The molecular weight excluding hydrogens is 426 g/mol. The zero-order valence-electron chi connectivity index (χ0n) is 17.2. The van der Waals surface area contributed by atoms with Crippen LogP contribution in [0.3, 0.4) is 0 Å². The molecule has 1 unspecified atom stereocenters. The fraction of sp³-hybridized carbons (Fsp3) is 0.208. The first kappa shape index (κ1) is 20.5. The molecule has 0 radical (unpaired) electrons. The first-order valence-electron chi connectivity index (χ1n) is 10.4. The van der Waals surface area contributed by atoms with Gasteiger partial charge in [0.1, 0.15) is 0 Å². The fourth-order valence-corrected chi connectivity index (χ4v) is 5.69. The lowest BCUT2D eigenvalue weighted by molar-refractivity contribution is -0.134. The molecule has 3 aromatic rings. The van der Waals surface area contributed by atoms with Crippen molar-refractivity contribution in [3.8, 4) is 11.1 Å². The predicted molar refractivity (Wildman–Crippen MR) is 118 cm³/mol. The van der Waals surface area contributed by atoms with Crippen LogP contribution < -0.4 is 5.32 Å². The number of pyridine rings is 1. The highest BCUT2D eigenvalue weighted by molar-refractivity contribution is 7.89. The van der Waals surface area contributed by atoms with E-state index in [1.807, 2.05) is 30.3 Å². The second-order valence-corrected chi connectivity index (χ2v) is 10.0. The molecule has 2 aromatic carbocycles. The highest BCUT2D eigenvalue weighted by Gasteiger charge is 2.33. The molecule has 7 nitrogen and oxygen atoms in total. The summed E-state index contributed by atoms with van der Waals surface area (Å²) in [5.74, 6) is -0.929. The number of piperidine rings is 1. The van der Waals surface area contributed by atoms with Gasteiger partial charge in [-0.15, -0.1) is 0 Å². The number of carbonyl (C=O) groups is 2. The summed E-state index contributed by atoms with van der Waals surface area (Å²) in [6.45, 7) is 0.546. The molecule has 1 atom stereocenters. The van der Waals surface area contributed by atoms with E-state index in [0.29, 0.717) is 19.4 Å². The highest BCUT2D eigenvalue weighted by Crippen LogP contribution is 2.33. The van der Waals surface area contributed by atoms with Crippen molar-refractivity contribution in [1.29, 1.82) is 0 Å². The van der Waals surface area contributed by atoms with Gasteiger partial charge in [-0.25, -0.2) is 8.42 Å². The normalized spacial score (nSPS) is 18.9. The Morgan fingerprint density at radius 2 is 1.56 bits per heavy atom. The summed E-state index contributed by atoms with van der Waals surface area (Å²) in [7, 11) is -3.66. The summed E-state index contributed by atoms with van der Waals surface area (Å²) in [5.41, 5.74) is 4.53. The van der Waals surface area contributed by atoms with Crippen molar-refractivity contribution in [2.75, 3.05) is 0 Å². The molecule has 5 rings (SSSR count). The van der Waals surface area contributed by atoms with Crippen molar-refractivity contribution in [2.24, 2.45) is 0 Å². The van der Waals surface area contributed by atoms with Gasteiger partial charge < -0.3 is 0 Å². The van der Waals surface area contributed by atoms with Gasteiger partial charge in [0.25, 0.3) is 0 Å². The summed E-state index contributed by atoms with van der Waals surface area (Å²) in [5, 5.41) is 2.38. The average Bonchev–Trinajstić information content (AvgIpc) is 3.24. The van der Waals surface area contributed by atoms with Crippen LogP contribution in [0.4, 0.5) is 0 Å². The number of amides is 2. The second-order valence-electron chi connectivity index (χ2n) is 8.07. The van der Waals surface area contributed by atoms with Gasteiger partial charge in [0.2, 0.25) is 21.8 Å². The van der Waals surface area contributed by atoms with E-state index in [9.17, 15) is 18.0 Å². The Labute approximate surface area is 186 Å². The van der Waals surface area contributed by atoms with Gasteiger partial charge in [0.15, 0.2) is 0 Å². The van der Waals surface area contributed by atoms with Gasteiger partial charge in [-0.05, 0) is 58.5 Å². The van der Waals surface area contributed by atoms with Gasteiger partial charge in [-0.2, -0.15) is 4.31 Å². The molecular formula is C24H21N3O4S. The number of benzene rings is 2. The molecule has 2 aliphatic rings. The molecule has 2 amide bonds. The number of hydrogen-bond donors (Lipinski definition) is 1. The number of carbonyl (C=O) groups excluding carboxylic acids is 2. The van der Waals surface area contributed by atoms with Crippen LogP contribution in [0.25, 0.3) is 11.1 Å². The lowest BCUT2D eigenvalue weighted by Gasteiger charge is -2.21. The molecule has 1 N–H and O–H groups in total. The maximum absolute atomic E-state index is 13.2. The van der Waals surface area contributed by atoms with Crippen molar-refractivity contribution < 1.29 is 18.0 Å². The van der Waals surface area contributed by atoms with Gasteiger partial charge in [-0.1, -0.05) is 30.3 Å². The number of sulfonamides is 1. The monoisotopic (exact) mass is 447 g/mol. The summed E-state index contributed by atoms with van der Waals surface area (Å²) < 4.78 is 27.9. The zero-order valence-corrected chi connectivity index (χ0v) is 18.0. The quantitative estimate of drug-likeness (QED) is 0.621. The number of rotatable bonds is 4. The fourth-order valence-electron chi connectivity index (χ4n) is 4.29.